The van der Waals surface area contributed by atoms with Crippen LogP contribution in [0.15, 0.2) is 48.9 Å². The van der Waals surface area contributed by atoms with E-state index in [4.69, 9.17) is 14.7 Å². The number of anilines is 2. The summed E-state index contributed by atoms with van der Waals surface area (Å²) in [6.45, 7) is 1.96. The maximum Gasteiger partial charge on any atom is 0.253 e. The van der Waals surface area contributed by atoms with Gasteiger partial charge in [0, 0.05) is 49.5 Å². The average molecular weight is 457 g/mol. The predicted octanol–water partition coefficient (Wildman–Crippen LogP) is 5.10. The number of carbonyl (C=O) groups is 1. The number of pyridine rings is 1. The molecule has 5 rings (SSSR count). The monoisotopic (exact) mass is 456 g/mol. The highest BCUT2D eigenvalue weighted by Crippen LogP contribution is 2.36. The van der Waals surface area contributed by atoms with Gasteiger partial charge in [0.1, 0.15) is 11.8 Å². The molecule has 174 valence electrons. The average Bonchev–Trinajstić information content (AvgIpc) is 3.50. The number of benzene rings is 1. The number of aromatic amines is 1. The molecular formula is C26H28N6O2. The Labute approximate surface area is 198 Å². The van der Waals surface area contributed by atoms with Crippen molar-refractivity contribution >= 4 is 28.6 Å². The Balaban J connectivity index is 1.53. The number of hydrogen-bond acceptors (Lipinski definition) is 6. The Kier molecular flexibility index (Phi) is 5.88. The van der Waals surface area contributed by atoms with Gasteiger partial charge in [0.2, 0.25) is 11.8 Å². The van der Waals surface area contributed by atoms with Crippen LogP contribution in [0, 0.1) is 6.92 Å². The second-order valence-corrected chi connectivity index (χ2v) is 8.89. The van der Waals surface area contributed by atoms with Crippen LogP contribution in [0.5, 0.6) is 5.88 Å². The molecule has 0 spiro atoms. The second kappa shape index (κ2) is 9.13. The molecule has 0 atom stereocenters. The van der Waals surface area contributed by atoms with E-state index in [-0.39, 0.29) is 12.0 Å². The molecule has 1 amide bonds. The minimum Gasteiger partial charge on any atom is -0.474 e. The van der Waals surface area contributed by atoms with E-state index in [1.165, 1.54) is 12.8 Å². The molecule has 4 aromatic rings. The maximum absolute atomic E-state index is 12.3. The molecule has 8 nitrogen and oxygen atoms in total. The van der Waals surface area contributed by atoms with Crippen LogP contribution in [-0.4, -0.2) is 50.9 Å². The third-order valence-electron chi connectivity index (χ3n) is 6.20. The lowest BCUT2D eigenvalue weighted by molar-refractivity contribution is 0.0827. The number of nitrogens with zero attached hydrogens (tertiary/aromatic N) is 4. The molecule has 1 saturated carbocycles. The van der Waals surface area contributed by atoms with Crippen LogP contribution in [0.25, 0.3) is 22.2 Å². The summed E-state index contributed by atoms with van der Waals surface area (Å²) in [4.78, 5) is 30.8. The van der Waals surface area contributed by atoms with Crippen molar-refractivity contribution in [3.05, 3.63) is 60.0 Å². The first-order valence-corrected chi connectivity index (χ1v) is 11.5. The number of nitrogens with one attached hydrogen (secondary N) is 2. The number of ether oxygens (including phenoxy) is 1. The van der Waals surface area contributed by atoms with Crippen molar-refractivity contribution in [2.75, 3.05) is 19.4 Å². The second-order valence-electron chi connectivity index (χ2n) is 8.89. The van der Waals surface area contributed by atoms with Crippen molar-refractivity contribution in [2.45, 2.75) is 38.7 Å². The largest absolute Gasteiger partial charge is 0.474 e. The van der Waals surface area contributed by atoms with Crippen LogP contribution in [0.1, 0.15) is 41.6 Å². The molecular weight excluding hydrogens is 428 g/mol. The van der Waals surface area contributed by atoms with E-state index in [1.807, 2.05) is 43.5 Å². The summed E-state index contributed by atoms with van der Waals surface area (Å²) in [7, 11) is 3.49. The lowest BCUT2D eigenvalue weighted by Crippen LogP contribution is -2.21. The molecule has 0 unspecified atom stereocenters. The first-order valence-electron chi connectivity index (χ1n) is 11.5. The molecule has 0 bridgehead atoms. The molecule has 0 radical (unpaired) electrons. The van der Waals surface area contributed by atoms with Crippen molar-refractivity contribution in [1.29, 1.82) is 0 Å². The molecule has 8 heteroatoms. The number of carbonyl (C=O) groups excluding carboxylic acids is 1. The number of amides is 1. The van der Waals surface area contributed by atoms with Gasteiger partial charge in [-0.3, -0.25) is 9.78 Å². The van der Waals surface area contributed by atoms with Gasteiger partial charge in [-0.25, -0.2) is 0 Å². The standard InChI is InChI=1S/C26H28N6O2/c1-16-14-18(25(33)32(2)3)8-9-21(16)29-26-30-23-22(24(31-26)34-19-6-4-5-7-19)20(15-28-23)17-10-12-27-13-11-17/h8-15,19H,4-7H2,1-3H3,(H2,28,29,30,31). The quantitative estimate of drug-likeness (QED) is 0.419. The van der Waals surface area contributed by atoms with Crippen molar-refractivity contribution < 1.29 is 9.53 Å². The number of H-pyrrole nitrogens is 1. The predicted molar refractivity (Wildman–Crippen MR) is 132 cm³/mol. The highest BCUT2D eigenvalue weighted by Gasteiger charge is 2.22. The fourth-order valence-electron chi connectivity index (χ4n) is 4.38. The van der Waals surface area contributed by atoms with Gasteiger partial charge in [0.15, 0.2) is 0 Å². The first kappa shape index (κ1) is 21.9. The fourth-order valence-corrected chi connectivity index (χ4v) is 4.38. The molecule has 1 aliphatic carbocycles. The van der Waals surface area contributed by atoms with Gasteiger partial charge < -0.3 is 19.9 Å². The third-order valence-corrected chi connectivity index (χ3v) is 6.20. The maximum atomic E-state index is 12.3. The van der Waals surface area contributed by atoms with E-state index in [2.05, 4.69) is 15.3 Å². The van der Waals surface area contributed by atoms with Crippen LogP contribution in [0.3, 0.4) is 0 Å². The Morgan fingerprint density at radius 3 is 2.59 bits per heavy atom. The van der Waals surface area contributed by atoms with Crippen molar-refractivity contribution in [3.8, 4) is 17.0 Å². The summed E-state index contributed by atoms with van der Waals surface area (Å²) in [5.74, 6) is 0.984. The Morgan fingerprint density at radius 2 is 1.88 bits per heavy atom. The molecule has 1 aromatic carbocycles. The first-order chi connectivity index (χ1) is 16.5. The van der Waals surface area contributed by atoms with Crippen LogP contribution < -0.4 is 10.1 Å². The van der Waals surface area contributed by atoms with E-state index in [0.29, 0.717) is 23.0 Å². The molecule has 3 aromatic heterocycles. The lowest BCUT2D eigenvalue weighted by atomic mass is 10.1. The van der Waals surface area contributed by atoms with Gasteiger partial charge in [0.25, 0.3) is 5.91 Å². The molecule has 1 fully saturated rings. The molecule has 1 aliphatic rings. The van der Waals surface area contributed by atoms with Crippen LogP contribution in [-0.2, 0) is 0 Å². The Morgan fingerprint density at radius 1 is 1.12 bits per heavy atom. The van der Waals surface area contributed by atoms with Crippen molar-refractivity contribution in [3.63, 3.8) is 0 Å². The SMILES string of the molecule is Cc1cc(C(=O)N(C)C)ccc1Nc1nc(OC2CCCC2)c2c(-c3ccncc3)c[nH]c2n1. The summed E-state index contributed by atoms with van der Waals surface area (Å²) >= 11 is 0. The van der Waals surface area contributed by atoms with Gasteiger partial charge in [-0.05, 0) is 74.1 Å². The molecule has 0 aliphatic heterocycles. The smallest absolute Gasteiger partial charge is 0.253 e. The highest BCUT2D eigenvalue weighted by atomic mass is 16.5. The van der Waals surface area contributed by atoms with E-state index >= 15 is 0 Å². The zero-order valence-electron chi connectivity index (χ0n) is 19.6. The van der Waals surface area contributed by atoms with E-state index in [9.17, 15) is 4.79 Å². The number of rotatable bonds is 6. The van der Waals surface area contributed by atoms with Crippen LogP contribution >= 0.6 is 0 Å². The van der Waals surface area contributed by atoms with Gasteiger partial charge in [-0.2, -0.15) is 9.97 Å². The zero-order chi connectivity index (χ0) is 23.7. The van der Waals surface area contributed by atoms with Crippen LogP contribution in [0.2, 0.25) is 0 Å². The Bertz CT molecular complexity index is 1330. The molecule has 0 saturated heterocycles. The fraction of sp³-hybridized carbons (Fsp3) is 0.308. The number of fused-ring (bicyclic) bond motifs is 1. The topological polar surface area (TPSA) is 96.0 Å². The minimum absolute atomic E-state index is 0.0328. The normalized spacial score (nSPS) is 13.9. The van der Waals surface area contributed by atoms with E-state index in [1.54, 1.807) is 31.4 Å². The summed E-state index contributed by atoms with van der Waals surface area (Å²) in [5.41, 5.74) is 5.12. The van der Waals surface area contributed by atoms with Gasteiger partial charge >= 0.3 is 0 Å². The summed E-state index contributed by atoms with van der Waals surface area (Å²) in [5, 5.41) is 4.18. The highest BCUT2D eigenvalue weighted by molar-refractivity contribution is 5.98. The Hall–Kier alpha value is -3.94. The number of aryl methyl sites for hydroxylation is 1. The van der Waals surface area contributed by atoms with Crippen molar-refractivity contribution in [1.82, 2.24) is 24.8 Å². The summed E-state index contributed by atoms with van der Waals surface area (Å²) < 4.78 is 6.42. The third kappa shape index (κ3) is 4.31. The van der Waals surface area contributed by atoms with E-state index in [0.717, 1.165) is 40.6 Å². The lowest BCUT2D eigenvalue weighted by Gasteiger charge is -2.16. The summed E-state index contributed by atoms with van der Waals surface area (Å²) in [6.07, 6.45) is 10.0. The minimum atomic E-state index is -0.0328. The zero-order valence-corrected chi connectivity index (χ0v) is 19.6. The molecule has 34 heavy (non-hydrogen) atoms. The van der Waals surface area contributed by atoms with E-state index < -0.39 is 0 Å². The molecule has 2 N–H and O–H groups in total. The van der Waals surface area contributed by atoms with Gasteiger partial charge in [-0.1, -0.05) is 0 Å². The van der Waals surface area contributed by atoms with Gasteiger partial charge in [0.05, 0.1) is 5.39 Å². The van der Waals surface area contributed by atoms with Gasteiger partial charge in [-0.15, -0.1) is 0 Å². The summed E-state index contributed by atoms with van der Waals surface area (Å²) in [6, 6.07) is 9.49. The van der Waals surface area contributed by atoms with Crippen molar-refractivity contribution in [2.24, 2.45) is 0 Å². The number of aromatic nitrogens is 4. The molecule has 3 heterocycles. The van der Waals surface area contributed by atoms with Crippen LogP contribution in [0.4, 0.5) is 11.6 Å². The number of hydrogen-bond donors (Lipinski definition) is 2.